The van der Waals surface area contributed by atoms with Crippen LogP contribution in [-0.2, 0) is 32.8 Å². The van der Waals surface area contributed by atoms with Crippen LogP contribution in [0, 0.1) is 6.92 Å². The summed E-state index contributed by atoms with van der Waals surface area (Å²) in [6, 6.07) is 24.8. The monoisotopic (exact) mass is 522 g/mol. The first-order valence-corrected chi connectivity index (χ1v) is 13.4. The SMILES string of the molecule is CNC(=O)[C@H](Cc1ccccc1)N(Cc1ccc(C)cc1)C(=O)CN(c1ccccc1)S(=O)(=O)N(C)C. The standard InChI is InChI=1S/C28H34N4O4S/c1-22-15-17-24(18-16-22)20-31(26(28(34)29-2)19-23-11-7-5-8-12-23)27(33)21-32(37(35,36)30(3)4)25-13-9-6-10-14-25/h5-18,26H,19-21H2,1-4H3,(H,29,34)/t26-/m0/s1. The Bertz CT molecular complexity index is 1280. The Morgan fingerprint density at radius 1 is 0.838 bits per heavy atom. The molecule has 0 saturated carbocycles. The topological polar surface area (TPSA) is 90.0 Å². The molecule has 0 aliphatic carbocycles. The van der Waals surface area contributed by atoms with Crippen LogP contribution in [0.25, 0.3) is 0 Å². The van der Waals surface area contributed by atoms with E-state index in [0.717, 1.165) is 25.3 Å². The molecule has 0 radical (unpaired) electrons. The molecule has 9 heteroatoms. The second-order valence-electron chi connectivity index (χ2n) is 8.96. The van der Waals surface area contributed by atoms with Gasteiger partial charge in [-0.15, -0.1) is 0 Å². The second-order valence-corrected chi connectivity index (χ2v) is 11.0. The minimum atomic E-state index is -3.99. The molecule has 0 fully saturated rings. The van der Waals surface area contributed by atoms with E-state index in [-0.39, 0.29) is 18.9 Å². The van der Waals surface area contributed by atoms with Crippen LogP contribution in [0.4, 0.5) is 5.69 Å². The van der Waals surface area contributed by atoms with E-state index in [1.54, 1.807) is 30.3 Å². The molecule has 1 atom stereocenters. The number of carbonyl (C=O) groups is 2. The number of aryl methyl sites for hydroxylation is 1. The molecule has 0 unspecified atom stereocenters. The third kappa shape index (κ3) is 7.18. The van der Waals surface area contributed by atoms with Gasteiger partial charge in [-0.1, -0.05) is 78.4 Å². The van der Waals surface area contributed by atoms with Crippen molar-refractivity contribution in [1.29, 1.82) is 0 Å². The Kier molecular flexibility index (Phi) is 9.43. The van der Waals surface area contributed by atoms with Gasteiger partial charge in [-0.05, 0) is 30.2 Å². The number of benzene rings is 3. The van der Waals surface area contributed by atoms with Gasteiger partial charge in [0.25, 0.3) is 0 Å². The van der Waals surface area contributed by atoms with Crippen molar-refractivity contribution in [3.05, 3.63) is 102 Å². The molecule has 3 aromatic rings. The van der Waals surface area contributed by atoms with Crippen molar-refractivity contribution in [3.8, 4) is 0 Å². The van der Waals surface area contributed by atoms with Crippen LogP contribution in [-0.4, -0.2) is 63.2 Å². The number of amides is 2. The molecule has 0 aromatic heterocycles. The van der Waals surface area contributed by atoms with Crippen molar-refractivity contribution in [2.45, 2.75) is 25.9 Å². The van der Waals surface area contributed by atoms with Gasteiger partial charge in [-0.2, -0.15) is 12.7 Å². The molecule has 0 aliphatic rings. The van der Waals surface area contributed by atoms with Gasteiger partial charge in [0.05, 0.1) is 5.69 Å². The van der Waals surface area contributed by atoms with Gasteiger partial charge < -0.3 is 10.2 Å². The molecule has 3 aromatic carbocycles. The third-order valence-electron chi connectivity index (χ3n) is 6.05. The number of hydrogen-bond donors (Lipinski definition) is 1. The van der Waals surface area contributed by atoms with Crippen LogP contribution in [0.1, 0.15) is 16.7 Å². The zero-order chi connectivity index (χ0) is 27.0. The minimum Gasteiger partial charge on any atom is -0.357 e. The lowest BCUT2D eigenvalue weighted by Crippen LogP contribution is -2.53. The van der Waals surface area contributed by atoms with E-state index < -0.39 is 28.7 Å². The summed E-state index contributed by atoms with van der Waals surface area (Å²) in [5.74, 6) is -0.814. The first-order chi connectivity index (χ1) is 17.6. The van der Waals surface area contributed by atoms with Gasteiger partial charge in [-0.3, -0.25) is 9.59 Å². The molecular formula is C28H34N4O4S. The number of nitrogens with zero attached hydrogens (tertiary/aromatic N) is 3. The van der Waals surface area contributed by atoms with Crippen LogP contribution in [0.3, 0.4) is 0 Å². The largest absolute Gasteiger partial charge is 0.357 e. The molecule has 0 spiro atoms. The number of likely N-dealkylation sites (N-methyl/N-ethyl adjacent to an activating group) is 1. The summed E-state index contributed by atoms with van der Waals surface area (Å²) in [7, 11) is 0.377. The van der Waals surface area contributed by atoms with Crippen LogP contribution in [0.15, 0.2) is 84.9 Å². The molecule has 0 aliphatic heterocycles. The molecule has 196 valence electrons. The molecule has 8 nitrogen and oxygen atoms in total. The Hall–Kier alpha value is -3.69. The molecule has 0 heterocycles. The van der Waals surface area contributed by atoms with Gasteiger partial charge in [-0.25, -0.2) is 4.31 Å². The van der Waals surface area contributed by atoms with Gasteiger partial charge in [0.2, 0.25) is 11.8 Å². The maximum atomic E-state index is 13.9. The van der Waals surface area contributed by atoms with Gasteiger partial charge in [0.15, 0.2) is 0 Å². The van der Waals surface area contributed by atoms with E-state index in [0.29, 0.717) is 5.69 Å². The molecule has 37 heavy (non-hydrogen) atoms. The van der Waals surface area contributed by atoms with Crippen LogP contribution < -0.4 is 9.62 Å². The maximum Gasteiger partial charge on any atom is 0.304 e. The average molecular weight is 523 g/mol. The van der Waals surface area contributed by atoms with E-state index in [9.17, 15) is 18.0 Å². The van der Waals surface area contributed by atoms with Crippen LogP contribution in [0.5, 0.6) is 0 Å². The van der Waals surface area contributed by atoms with Crippen molar-refractivity contribution in [2.24, 2.45) is 0 Å². The normalized spacial score (nSPS) is 12.1. The van der Waals surface area contributed by atoms with Crippen molar-refractivity contribution in [3.63, 3.8) is 0 Å². The highest BCUT2D eigenvalue weighted by Gasteiger charge is 2.34. The number of rotatable bonds is 11. The predicted octanol–water partition coefficient (Wildman–Crippen LogP) is 2.99. The predicted molar refractivity (Wildman–Crippen MR) is 146 cm³/mol. The van der Waals surface area contributed by atoms with Gasteiger partial charge in [0, 0.05) is 34.1 Å². The fraction of sp³-hybridized carbons (Fsp3) is 0.286. The summed E-state index contributed by atoms with van der Waals surface area (Å²) in [5.41, 5.74) is 3.15. The Morgan fingerprint density at radius 3 is 1.95 bits per heavy atom. The number of nitrogens with one attached hydrogen (secondary N) is 1. The fourth-order valence-electron chi connectivity index (χ4n) is 3.92. The summed E-state index contributed by atoms with van der Waals surface area (Å²) < 4.78 is 28.6. The minimum absolute atomic E-state index is 0.147. The first kappa shape index (κ1) is 27.9. The van der Waals surface area contributed by atoms with Crippen molar-refractivity contribution < 1.29 is 18.0 Å². The lowest BCUT2D eigenvalue weighted by Gasteiger charge is -2.34. The maximum absolute atomic E-state index is 13.9. The summed E-state index contributed by atoms with van der Waals surface area (Å²) in [5, 5.41) is 2.68. The molecule has 2 amide bonds. The second kappa shape index (κ2) is 12.5. The number of para-hydroxylation sites is 1. The van der Waals surface area contributed by atoms with Gasteiger partial charge in [0.1, 0.15) is 12.6 Å². The van der Waals surface area contributed by atoms with E-state index in [1.807, 2.05) is 61.5 Å². The van der Waals surface area contributed by atoms with E-state index >= 15 is 0 Å². The molecule has 3 rings (SSSR count). The molecule has 1 N–H and O–H groups in total. The smallest absolute Gasteiger partial charge is 0.304 e. The fourth-order valence-corrected chi connectivity index (χ4v) is 4.98. The quantitative estimate of drug-likeness (QED) is 0.419. The van der Waals surface area contributed by atoms with E-state index in [1.165, 1.54) is 26.0 Å². The number of hydrogen-bond acceptors (Lipinski definition) is 4. The van der Waals surface area contributed by atoms with Crippen LogP contribution in [0.2, 0.25) is 0 Å². The van der Waals surface area contributed by atoms with E-state index in [4.69, 9.17) is 0 Å². The summed E-state index contributed by atoms with van der Waals surface area (Å²) >= 11 is 0. The summed E-state index contributed by atoms with van der Waals surface area (Å²) in [6.45, 7) is 1.66. The van der Waals surface area contributed by atoms with E-state index in [2.05, 4.69) is 5.32 Å². The zero-order valence-corrected chi connectivity index (χ0v) is 22.5. The Labute approximate surface area is 219 Å². The molecule has 0 bridgehead atoms. The highest BCUT2D eigenvalue weighted by Crippen LogP contribution is 2.21. The lowest BCUT2D eigenvalue weighted by molar-refractivity contribution is -0.139. The first-order valence-electron chi connectivity index (χ1n) is 12.0. The number of carbonyl (C=O) groups excluding carboxylic acids is 2. The highest BCUT2D eigenvalue weighted by atomic mass is 32.2. The molecule has 0 saturated heterocycles. The summed E-state index contributed by atoms with van der Waals surface area (Å²) in [4.78, 5) is 28.5. The highest BCUT2D eigenvalue weighted by molar-refractivity contribution is 7.90. The number of anilines is 1. The van der Waals surface area contributed by atoms with Crippen molar-refractivity contribution >= 4 is 27.7 Å². The summed E-state index contributed by atoms with van der Waals surface area (Å²) in [6.07, 6.45) is 0.282. The van der Waals surface area contributed by atoms with Crippen molar-refractivity contribution in [1.82, 2.24) is 14.5 Å². The van der Waals surface area contributed by atoms with Gasteiger partial charge >= 0.3 is 10.2 Å². The lowest BCUT2D eigenvalue weighted by atomic mass is 10.0. The third-order valence-corrected chi connectivity index (χ3v) is 7.87. The Balaban J connectivity index is 2.04. The van der Waals surface area contributed by atoms with Crippen molar-refractivity contribution in [2.75, 3.05) is 32.0 Å². The van der Waals surface area contributed by atoms with Crippen LogP contribution >= 0.6 is 0 Å². The average Bonchev–Trinajstić information content (AvgIpc) is 2.90. The zero-order valence-electron chi connectivity index (χ0n) is 21.7. The Morgan fingerprint density at radius 2 is 1.41 bits per heavy atom. The molecular weight excluding hydrogens is 488 g/mol.